The number of piperazine rings is 1. The number of urea groups is 1. The van der Waals surface area contributed by atoms with Gasteiger partial charge in [0.05, 0.1) is 0 Å². The topological polar surface area (TPSA) is 212 Å². The summed E-state index contributed by atoms with van der Waals surface area (Å²) in [5.41, 5.74) is 3.89. The second kappa shape index (κ2) is 11.4. The minimum atomic E-state index is -2.03. The third kappa shape index (κ3) is 4.75. The minimum Gasteiger partial charge on any atom is -0.477 e. The summed E-state index contributed by atoms with van der Waals surface area (Å²) >= 11 is 1.09. The number of hydrogen-bond donors (Lipinski definition) is 5. The Morgan fingerprint density at radius 1 is 1.18 bits per heavy atom. The van der Waals surface area contributed by atoms with Crippen molar-refractivity contribution in [2.75, 3.05) is 31.9 Å². The Balaban J connectivity index is 1.61. The van der Waals surface area contributed by atoms with E-state index >= 15 is 0 Å². The first-order valence-electron chi connectivity index (χ1n) is 12.2. The van der Waals surface area contributed by atoms with Gasteiger partial charge in [-0.2, -0.15) is 0 Å². The van der Waals surface area contributed by atoms with Gasteiger partial charge in [0, 0.05) is 31.9 Å². The number of benzene rings is 1. The smallest absolute Gasteiger partial charge is 0.352 e. The lowest BCUT2D eigenvalue weighted by molar-refractivity contribution is -0.163. The van der Waals surface area contributed by atoms with Crippen LogP contribution in [0.15, 0.2) is 41.6 Å². The van der Waals surface area contributed by atoms with Crippen molar-refractivity contribution in [1.82, 2.24) is 30.7 Å². The van der Waals surface area contributed by atoms with Gasteiger partial charge in [0.2, 0.25) is 18.0 Å². The predicted octanol–water partition coefficient (Wildman–Crippen LogP) is -2.10. The molecule has 7 amide bonds. The Kier molecular flexibility index (Phi) is 8.11. The highest BCUT2D eigenvalue weighted by Gasteiger charge is 2.66. The van der Waals surface area contributed by atoms with E-state index in [0.29, 0.717) is 10.5 Å². The first-order chi connectivity index (χ1) is 19.1. The average Bonchev–Trinajstić information content (AvgIpc) is 2.96. The van der Waals surface area contributed by atoms with E-state index in [2.05, 4.69) is 16.0 Å². The number of nitrogens with zero attached hydrogens (tertiary/aromatic N) is 3. The van der Waals surface area contributed by atoms with E-state index in [1.54, 1.807) is 25.1 Å². The third-order valence-corrected chi connectivity index (χ3v) is 8.20. The van der Waals surface area contributed by atoms with Gasteiger partial charge in [-0.1, -0.05) is 30.3 Å². The molecular formula is C24H27N7O8S. The SMILES string of the molecule is CCN1CCN(C(=O)N[C@@H](C(=O)N[C@]2(NC=O)C(=O)N3C(C(=O)O)=C(CN)CS[C@@H]32)c2ccccc2)C(=O)C1=O. The molecule has 0 saturated carbocycles. The van der Waals surface area contributed by atoms with Gasteiger partial charge < -0.3 is 31.7 Å². The lowest BCUT2D eigenvalue weighted by Crippen LogP contribution is -2.85. The number of thioether (sulfide) groups is 1. The summed E-state index contributed by atoms with van der Waals surface area (Å²) < 4.78 is 0. The molecule has 40 heavy (non-hydrogen) atoms. The van der Waals surface area contributed by atoms with Crippen LogP contribution in [-0.4, -0.2) is 105 Å². The van der Waals surface area contributed by atoms with Crippen molar-refractivity contribution in [2.45, 2.75) is 24.0 Å². The minimum absolute atomic E-state index is 0.0933. The summed E-state index contributed by atoms with van der Waals surface area (Å²) in [6.45, 7) is 1.90. The van der Waals surface area contributed by atoms with Crippen LogP contribution >= 0.6 is 11.8 Å². The molecule has 0 aliphatic carbocycles. The number of carboxylic acids is 1. The number of fused-ring (bicyclic) bond motifs is 1. The number of amides is 7. The van der Waals surface area contributed by atoms with Crippen LogP contribution in [0.2, 0.25) is 0 Å². The number of hydrogen-bond acceptors (Lipinski definition) is 9. The Bertz CT molecular complexity index is 1310. The molecule has 1 aromatic carbocycles. The van der Waals surface area contributed by atoms with Crippen molar-refractivity contribution in [3.05, 3.63) is 47.2 Å². The molecule has 1 aromatic rings. The summed E-state index contributed by atoms with van der Waals surface area (Å²) in [5, 5.41) is 15.9. The van der Waals surface area contributed by atoms with Crippen molar-refractivity contribution in [3.63, 3.8) is 0 Å². The number of carbonyl (C=O) groups excluding carboxylic acids is 6. The van der Waals surface area contributed by atoms with Gasteiger partial charge in [-0.15, -0.1) is 11.8 Å². The van der Waals surface area contributed by atoms with Crippen LogP contribution in [-0.2, 0) is 28.8 Å². The number of likely N-dealkylation sites (N-methyl/N-ethyl adjacent to an activating group) is 1. The predicted molar refractivity (Wildman–Crippen MR) is 139 cm³/mol. The molecule has 4 rings (SSSR count). The standard InChI is InChI=1S/C24H27N7O8S/c1-2-29-8-9-30(19(35)18(29)34)23(39)27-15(13-6-4-3-5-7-13)17(33)28-24(26-12-32)21(38)31-16(20(36)37)14(10-25)11-40-22(24)31/h3-7,12,15,22H,2,8-11,25H2,1H3,(H,26,32)(H,27,39)(H,28,33)(H,36,37)/t15-,22-,24-/m1/s1. The number of carboxylic acid groups (broad SMARTS) is 1. The van der Waals surface area contributed by atoms with Gasteiger partial charge >= 0.3 is 23.8 Å². The molecule has 0 unspecified atom stereocenters. The highest BCUT2D eigenvalue weighted by molar-refractivity contribution is 8.00. The lowest BCUT2D eigenvalue weighted by atomic mass is 9.94. The second-order valence-corrected chi connectivity index (χ2v) is 10.1. The van der Waals surface area contributed by atoms with Crippen LogP contribution in [0, 0.1) is 0 Å². The molecule has 0 aromatic heterocycles. The van der Waals surface area contributed by atoms with Crippen LogP contribution in [0.1, 0.15) is 18.5 Å². The molecule has 212 valence electrons. The number of nitrogens with one attached hydrogen (secondary N) is 3. The maximum absolute atomic E-state index is 13.7. The zero-order valence-corrected chi connectivity index (χ0v) is 22.1. The van der Waals surface area contributed by atoms with Crippen molar-refractivity contribution in [1.29, 1.82) is 0 Å². The quantitative estimate of drug-likeness (QED) is 0.0939. The number of nitrogens with two attached hydrogens (primary N) is 1. The molecule has 15 nitrogen and oxygen atoms in total. The van der Waals surface area contributed by atoms with Crippen molar-refractivity contribution in [3.8, 4) is 0 Å². The van der Waals surface area contributed by atoms with Crippen molar-refractivity contribution in [2.24, 2.45) is 5.73 Å². The molecule has 3 aliphatic rings. The average molecular weight is 574 g/mol. The number of imide groups is 1. The summed E-state index contributed by atoms with van der Waals surface area (Å²) in [4.78, 5) is 91.3. The van der Waals surface area contributed by atoms with Crippen molar-refractivity contribution >= 4 is 53.8 Å². The molecule has 2 saturated heterocycles. The second-order valence-electron chi connectivity index (χ2n) is 8.99. The van der Waals surface area contributed by atoms with Crippen LogP contribution < -0.4 is 21.7 Å². The van der Waals surface area contributed by atoms with Gasteiger partial charge in [-0.3, -0.25) is 33.8 Å². The van der Waals surface area contributed by atoms with Gasteiger partial charge in [0.25, 0.3) is 5.91 Å². The highest BCUT2D eigenvalue weighted by Crippen LogP contribution is 2.45. The maximum Gasteiger partial charge on any atom is 0.352 e. The van der Waals surface area contributed by atoms with Gasteiger partial charge in [-0.05, 0) is 18.1 Å². The fraction of sp³-hybridized carbons (Fsp3) is 0.375. The number of carbonyl (C=O) groups is 7. The van der Waals surface area contributed by atoms with Gasteiger partial charge in [0.1, 0.15) is 17.1 Å². The Morgan fingerprint density at radius 2 is 1.88 bits per heavy atom. The molecule has 16 heteroatoms. The number of rotatable bonds is 9. The Hall–Kier alpha value is -4.44. The monoisotopic (exact) mass is 573 g/mol. The fourth-order valence-electron chi connectivity index (χ4n) is 4.74. The van der Waals surface area contributed by atoms with Gasteiger partial charge in [-0.25, -0.2) is 9.59 Å². The van der Waals surface area contributed by atoms with Crippen LogP contribution in [0.5, 0.6) is 0 Å². The zero-order chi connectivity index (χ0) is 29.2. The van der Waals surface area contributed by atoms with Crippen LogP contribution in [0.25, 0.3) is 0 Å². The Morgan fingerprint density at radius 3 is 2.48 bits per heavy atom. The molecule has 3 aliphatic heterocycles. The van der Waals surface area contributed by atoms with E-state index in [4.69, 9.17) is 5.73 Å². The maximum atomic E-state index is 13.7. The largest absolute Gasteiger partial charge is 0.477 e. The zero-order valence-electron chi connectivity index (χ0n) is 21.3. The van der Waals surface area contributed by atoms with E-state index < -0.39 is 52.7 Å². The fourth-order valence-corrected chi connectivity index (χ4v) is 6.18. The third-order valence-electron chi connectivity index (χ3n) is 6.81. The molecule has 6 N–H and O–H groups in total. The molecule has 3 atom stereocenters. The van der Waals surface area contributed by atoms with Crippen molar-refractivity contribution < 1.29 is 38.7 Å². The first kappa shape index (κ1) is 28.6. The summed E-state index contributed by atoms with van der Waals surface area (Å²) in [5.74, 6) is -5.01. The van der Waals surface area contributed by atoms with E-state index in [9.17, 15) is 38.7 Å². The Labute approximate surface area is 232 Å². The number of β-lactam (4-membered cyclic amide) rings is 1. The lowest BCUT2D eigenvalue weighted by Gasteiger charge is -2.56. The molecule has 0 spiro atoms. The molecule has 2 fully saturated rings. The van der Waals surface area contributed by atoms with Crippen LogP contribution in [0.4, 0.5) is 4.79 Å². The van der Waals surface area contributed by atoms with Gasteiger partial charge in [0.15, 0.2) is 0 Å². The number of aliphatic carboxylic acids is 1. The van der Waals surface area contributed by atoms with E-state index in [1.165, 1.54) is 17.0 Å². The van der Waals surface area contributed by atoms with E-state index in [1.807, 2.05) is 0 Å². The molecule has 0 bridgehead atoms. The molecule has 3 heterocycles. The van der Waals surface area contributed by atoms with E-state index in [0.717, 1.165) is 16.7 Å². The summed E-state index contributed by atoms with van der Waals surface area (Å²) in [6, 6.07) is 5.44. The normalized spacial score (nSPS) is 23.2. The summed E-state index contributed by atoms with van der Waals surface area (Å²) in [6.07, 6.45) is 0.201. The van der Waals surface area contributed by atoms with E-state index in [-0.39, 0.29) is 49.6 Å². The molecular weight excluding hydrogens is 546 g/mol. The highest BCUT2D eigenvalue weighted by atomic mass is 32.2. The first-order valence-corrected chi connectivity index (χ1v) is 13.3. The molecule has 0 radical (unpaired) electrons. The summed E-state index contributed by atoms with van der Waals surface area (Å²) in [7, 11) is 0. The van der Waals surface area contributed by atoms with Crippen LogP contribution in [0.3, 0.4) is 0 Å².